The number of aryl methyl sites for hydroxylation is 2. The zero-order valence-corrected chi connectivity index (χ0v) is 12.0. The Balaban J connectivity index is 2.39. The average Bonchev–Trinajstić information content (AvgIpc) is 2.80. The van der Waals surface area contributed by atoms with Crippen molar-refractivity contribution in [1.82, 2.24) is 4.98 Å². The number of unbranched alkanes of at least 4 members (excludes halogenated alkanes) is 1. The van der Waals surface area contributed by atoms with Crippen LogP contribution in [0.4, 0.5) is 0 Å². The van der Waals surface area contributed by atoms with Gasteiger partial charge in [-0.2, -0.15) is 0 Å². The third-order valence-electron chi connectivity index (χ3n) is 2.92. The van der Waals surface area contributed by atoms with Crippen molar-refractivity contribution < 1.29 is 9.90 Å². The summed E-state index contributed by atoms with van der Waals surface area (Å²) in [6, 6.07) is 8.00. The van der Waals surface area contributed by atoms with E-state index in [-0.39, 0.29) is 0 Å². The van der Waals surface area contributed by atoms with E-state index in [1.807, 2.05) is 31.2 Å². The van der Waals surface area contributed by atoms with Gasteiger partial charge >= 0.3 is 5.97 Å². The summed E-state index contributed by atoms with van der Waals surface area (Å²) in [5.74, 6) is -0.873. The fraction of sp³-hybridized carbons (Fsp3) is 0.333. The quantitative estimate of drug-likeness (QED) is 0.891. The average molecular weight is 275 g/mol. The number of nitrogens with zero attached hydrogens (tertiary/aromatic N) is 1. The fourth-order valence-corrected chi connectivity index (χ4v) is 2.88. The smallest absolute Gasteiger partial charge is 0.347 e. The van der Waals surface area contributed by atoms with E-state index >= 15 is 0 Å². The lowest BCUT2D eigenvalue weighted by Gasteiger charge is -1.97. The third kappa shape index (κ3) is 3.20. The van der Waals surface area contributed by atoms with Crippen LogP contribution in [0.1, 0.15) is 40.7 Å². The summed E-state index contributed by atoms with van der Waals surface area (Å²) in [6.07, 6.45) is 2.74. The molecule has 1 aromatic heterocycles. The van der Waals surface area contributed by atoms with E-state index in [4.69, 9.17) is 0 Å². The van der Waals surface area contributed by atoms with Crippen molar-refractivity contribution in [3.8, 4) is 10.6 Å². The van der Waals surface area contributed by atoms with Gasteiger partial charge in [0.05, 0.1) is 5.69 Å². The van der Waals surface area contributed by atoms with Gasteiger partial charge in [0.1, 0.15) is 9.88 Å². The first-order valence-electron chi connectivity index (χ1n) is 6.42. The Morgan fingerprint density at radius 3 is 2.84 bits per heavy atom. The number of carboxylic acid groups (broad SMARTS) is 1. The molecule has 0 bridgehead atoms. The monoisotopic (exact) mass is 275 g/mol. The van der Waals surface area contributed by atoms with E-state index in [1.54, 1.807) is 0 Å². The van der Waals surface area contributed by atoms with Gasteiger partial charge in [-0.25, -0.2) is 9.78 Å². The maximum atomic E-state index is 11.3. The van der Waals surface area contributed by atoms with Crippen LogP contribution in [0, 0.1) is 6.92 Å². The van der Waals surface area contributed by atoms with Crippen molar-refractivity contribution in [2.24, 2.45) is 0 Å². The zero-order valence-electron chi connectivity index (χ0n) is 11.1. The van der Waals surface area contributed by atoms with E-state index < -0.39 is 5.97 Å². The van der Waals surface area contributed by atoms with Crippen LogP contribution in [0.2, 0.25) is 0 Å². The molecule has 0 aliphatic carbocycles. The van der Waals surface area contributed by atoms with Crippen molar-refractivity contribution in [3.63, 3.8) is 0 Å². The second-order valence-electron chi connectivity index (χ2n) is 4.57. The molecule has 1 aromatic carbocycles. The summed E-state index contributed by atoms with van der Waals surface area (Å²) < 4.78 is 0. The van der Waals surface area contributed by atoms with Gasteiger partial charge < -0.3 is 5.11 Å². The molecule has 4 heteroatoms. The Hall–Kier alpha value is -1.68. The number of hydrogen-bond donors (Lipinski definition) is 1. The summed E-state index contributed by atoms with van der Waals surface area (Å²) >= 11 is 1.27. The molecule has 19 heavy (non-hydrogen) atoms. The number of rotatable bonds is 5. The van der Waals surface area contributed by atoms with Gasteiger partial charge in [0.25, 0.3) is 0 Å². The highest BCUT2D eigenvalue weighted by Crippen LogP contribution is 2.29. The Morgan fingerprint density at radius 2 is 2.21 bits per heavy atom. The lowest BCUT2D eigenvalue weighted by molar-refractivity contribution is 0.0700. The van der Waals surface area contributed by atoms with Crippen molar-refractivity contribution in [2.75, 3.05) is 0 Å². The molecule has 0 aliphatic heterocycles. The molecule has 2 rings (SSSR count). The molecule has 0 spiro atoms. The molecule has 0 aliphatic rings. The number of benzene rings is 1. The Labute approximate surface area is 116 Å². The van der Waals surface area contributed by atoms with Crippen LogP contribution >= 0.6 is 11.3 Å². The molecule has 0 saturated carbocycles. The number of thiazole rings is 1. The molecule has 0 radical (unpaired) electrons. The predicted molar refractivity (Wildman–Crippen MR) is 77.9 cm³/mol. The number of hydrogen-bond acceptors (Lipinski definition) is 3. The van der Waals surface area contributed by atoms with Crippen molar-refractivity contribution in [2.45, 2.75) is 33.1 Å². The van der Waals surface area contributed by atoms with Crippen LogP contribution in [0.5, 0.6) is 0 Å². The molecule has 0 unspecified atom stereocenters. The topological polar surface area (TPSA) is 50.2 Å². The molecule has 0 fully saturated rings. The second-order valence-corrected chi connectivity index (χ2v) is 5.57. The predicted octanol–water partition coefficient (Wildman–Crippen LogP) is 4.16. The van der Waals surface area contributed by atoms with E-state index in [0.717, 1.165) is 41.1 Å². The largest absolute Gasteiger partial charge is 0.477 e. The molecule has 100 valence electrons. The summed E-state index contributed by atoms with van der Waals surface area (Å²) in [5, 5.41) is 10.0. The lowest BCUT2D eigenvalue weighted by Crippen LogP contribution is -1.98. The minimum atomic E-state index is -0.873. The molecule has 2 aromatic rings. The van der Waals surface area contributed by atoms with Gasteiger partial charge in [-0.05, 0) is 25.8 Å². The molecule has 1 heterocycles. The highest BCUT2D eigenvalue weighted by atomic mass is 32.1. The summed E-state index contributed by atoms with van der Waals surface area (Å²) in [4.78, 5) is 16.2. The normalized spacial score (nSPS) is 10.6. The first-order chi connectivity index (χ1) is 9.11. The molecule has 3 nitrogen and oxygen atoms in total. The summed E-state index contributed by atoms with van der Waals surface area (Å²) in [7, 11) is 0. The lowest BCUT2D eigenvalue weighted by atomic mass is 10.1. The van der Waals surface area contributed by atoms with E-state index in [9.17, 15) is 9.90 Å². The van der Waals surface area contributed by atoms with Gasteiger partial charge in [-0.15, -0.1) is 11.3 Å². The van der Waals surface area contributed by atoms with E-state index in [2.05, 4.69) is 11.9 Å². The minimum absolute atomic E-state index is 0.380. The summed E-state index contributed by atoms with van der Waals surface area (Å²) in [5.41, 5.74) is 2.87. The van der Waals surface area contributed by atoms with Gasteiger partial charge in [0.15, 0.2) is 0 Å². The molecule has 1 N–H and O–H groups in total. The third-order valence-corrected chi connectivity index (χ3v) is 4.06. The van der Waals surface area contributed by atoms with Crippen LogP contribution in [0.25, 0.3) is 10.6 Å². The maximum absolute atomic E-state index is 11.3. The molecule has 0 amide bonds. The van der Waals surface area contributed by atoms with Crippen LogP contribution in [-0.2, 0) is 6.42 Å². The van der Waals surface area contributed by atoms with Crippen LogP contribution < -0.4 is 0 Å². The molecule has 0 atom stereocenters. The van der Waals surface area contributed by atoms with Gasteiger partial charge in [0.2, 0.25) is 0 Å². The molecule has 0 saturated heterocycles. The summed E-state index contributed by atoms with van der Waals surface area (Å²) in [6.45, 7) is 4.11. The number of carboxylic acids is 1. The highest BCUT2D eigenvalue weighted by Gasteiger charge is 2.17. The Kier molecular flexibility index (Phi) is 4.32. The van der Waals surface area contributed by atoms with Crippen molar-refractivity contribution in [1.29, 1.82) is 0 Å². The van der Waals surface area contributed by atoms with Crippen LogP contribution in [0.15, 0.2) is 24.3 Å². The zero-order chi connectivity index (χ0) is 13.8. The Morgan fingerprint density at radius 1 is 1.42 bits per heavy atom. The number of aromatic nitrogens is 1. The molecular formula is C15H17NO2S. The first-order valence-corrected chi connectivity index (χ1v) is 7.23. The number of carbonyl (C=O) groups is 1. The van der Waals surface area contributed by atoms with E-state index in [0.29, 0.717) is 4.88 Å². The number of aromatic carboxylic acids is 1. The first kappa shape index (κ1) is 13.7. The van der Waals surface area contributed by atoms with Gasteiger partial charge in [-0.3, -0.25) is 0 Å². The highest BCUT2D eigenvalue weighted by molar-refractivity contribution is 7.17. The Bertz CT molecular complexity index is 590. The van der Waals surface area contributed by atoms with Crippen LogP contribution in [-0.4, -0.2) is 16.1 Å². The van der Waals surface area contributed by atoms with Crippen LogP contribution in [0.3, 0.4) is 0 Å². The van der Waals surface area contributed by atoms with Crippen molar-refractivity contribution in [3.05, 3.63) is 40.4 Å². The van der Waals surface area contributed by atoms with Gasteiger partial charge in [-0.1, -0.05) is 37.1 Å². The maximum Gasteiger partial charge on any atom is 0.347 e. The SMILES string of the molecule is CCCCc1nc(-c2cccc(C)c2)sc1C(=O)O. The van der Waals surface area contributed by atoms with E-state index in [1.165, 1.54) is 11.3 Å². The fourth-order valence-electron chi connectivity index (χ4n) is 1.93. The second kappa shape index (κ2) is 5.97. The standard InChI is InChI=1S/C15H17NO2S/c1-3-4-8-12-13(15(17)18)19-14(16-12)11-7-5-6-10(2)9-11/h5-7,9H,3-4,8H2,1-2H3,(H,17,18). The minimum Gasteiger partial charge on any atom is -0.477 e. The van der Waals surface area contributed by atoms with Gasteiger partial charge in [0, 0.05) is 5.56 Å². The van der Waals surface area contributed by atoms with Crippen molar-refractivity contribution >= 4 is 17.3 Å². The molecular weight excluding hydrogens is 258 g/mol.